The van der Waals surface area contributed by atoms with Gasteiger partial charge in [0.25, 0.3) is 0 Å². The summed E-state index contributed by atoms with van der Waals surface area (Å²) in [6.45, 7) is 5.85. The van der Waals surface area contributed by atoms with Crippen LogP contribution in [0.3, 0.4) is 0 Å². The predicted molar refractivity (Wildman–Crippen MR) is 65.9 cm³/mol. The number of nitrogens with one attached hydrogen (secondary N) is 2. The molecular weight excluding hydrogens is 200 g/mol. The predicted octanol–water partition coefficient (Wildman–Crippen LogP) is 1.29. The molecule has 1 aliphatic heterocycles. The first-order valence-electron chi connectivity index (χ1n) is 6.16. The lowest BCUT2D eigenvalue weighted by molar-refractivity contribution is -0.132. The Morgan fingerprint density at radius 2 is 2.38 bits per heavy atom. The van der Waals surface area contributed by atoms with Gasteiger partial charge in [0.1, 0.15) is 0 Å². The lowest BCUT2D eigenvalue weighted by atomic mass is 9.77. The van der Waals surface area contributed by atoms with Gasteiger partial charge in [-0.15, -0.1) is 6.42 Å². The number of terminal acetylenes is 1. The van der Waals surface area contributed by atoms with E-state index in [9.17, 15) is 4.79 Å². The molecule has 1 rings (SSSR count). The third kappa shape index (κ3) is 2.76. The molecule has 3 heteroatoms. The lowest BCUT2D eigenvalue weighted by Gasteiger charge is -2.36. The summed E-state index contributed by atoms with van der Waals surface area (Å²) < 4.78 is 0. The topological polar surface area (TPSA) is 41.1 Å². The van der Waals surface area contributed by atoms with E-state index in [1.807, 2.05) is 6.92 Å². The molecule has 0 saturated carbocycles. The van der Waals surface area contributed by atoms with E-state index in [0.29, 0.717) is 0 Å². The van der Waals surface area contributed by atoms with Crippen molar-refractivity contribution in [3.63, 3.8) is 0 Å². The van der Waals surface area contributed by atoms with E-state index in [4.69, 9.17) is 6.42 Å². The Morgan fingerprint density at radius 3 is 2.81 bits per heavy atom. The van der Waals surface area contributed by atoms with E-state index in [-0.39, 0.29) is 17.4 Å². The fraction of sp³-hybridized carbons (Fsp3) is 0.769. The highest BCUT2D eigenvalue weighted by atomic mass is 16.2. The minimum atomic E-state index is -0.247. The molecule has 0 aliphatic carbocycles. The molecule has 1 saturated heterocycles. The molecule has 1 amide bonds. The highest BCUT2D eigenvalue weighted by Gasteiger charge is 2.38. The van der Waals surface area contributed by atoms with Gasteiger partial charge >= 0.3 is 0 Å². The van der Waals surface area contributed by atoms with E-state index in [0.717, 1.165) is 38.8 Å². The zero-order valence-electron chi connectivity index (χ0n) is 10.3. The molecule has 1 aliphatic rings. The second-order valence-corrected chi connectivity index (χ2v) is 4.52. The fourth-order valence-electron chi connectivity index (χ4n) is 2.20. The van der Waals surface area contributed by atoms with Crippen molar-refractivity contribution >= 4 is 5.91 Å². The van der Waals surface area contributed by atoms with Crippen LogP contribution in [-0.4, -0.2) is 25.0 Å². The molecule has 1 heterocycles. The molecule has 2 atom stereocenters. The van der Waals surface area contributed by atoms with Gasteiger partial charge in [-0.1, -0.05) is 19.8 Å². The van der Waals surface area contributed by atoms with Crippen LogP contribution >= 0.6 is 0 Å². The van der Waals surface area contributed by atoms with Crippen LogP contribution in [0.1, 0.15) is 39.5 Å². The zero-order chi connectivity index (χ0) is 12.0. The Balaban J connectivity index is 2.65. The van der Waals surface area contributed by atoms with Crippen molar-refractivity contribution < 1.29 is 4.79 Å². The van der Waals surface area contributed by atoms with Crippen LogP contribution in [0.2, 0.25) is 0 Å². The molecule has 3 nitrogen and oxygen atoms in total. The van der Waals surface area contributed by atoms with Gasteiger partial charge in [-0.2, -0.15) is 0 Å². The van der Waals surface area contributed by atoms with Crippen molar-refractivity contribution in [3.8, 4) is 12.3 Å². The molecule has 0 aromatic heterocycles. The Hall–Kier alpha value is -1.01. The number of rotatable bonds is 4. The minimum absolute atomic E-state index is 0.118. The molecule has 90 valence electrons. The van der Waals surface area contributed by atoms with Crippen molar-refractivity contribution in [3.05, 3.63) is 0 Å². The van der Waals surface area contributed by atoms with Crippen molar-refractivity contribution in [1.82, 2.24) is 10.6 Å². The monoisotopic (exact) mass is 222 g/mol. The van der Waals surface area contributed by atoms with Gasteiger partial charge in [0.05, 0.1) is 11.5 Å². The molecule has 0 radical (unpaired) electrons. The molecule has 0 aromatic carbocycles. The zero-order valence-corrected chi connectivity index (χ0v) is 10.3. The normalized spacial score (nSPS) is 26.8. The summed E-state index contributed by atoms with van der Waals surface area (Å²) in [6.07, 6.45) is 9.05. The summed E-state index contributed by atoms with van der Waals surface area (Å²) in [5.41, 5.74) is -0.247. The fourth-order valence-corrected chi connectivity index (χ4v) is 2.20. The van der Waals surface area contributed by atoms with Gasteiger partial charge in [-0.25, -0.2) is 0 Å². The van der Waals surface area contributed by atoms with Gasteiger partial charge in [0, 0.05) is 6.54 Å². The molecule has 16 heavy (non-hydrogen) atoms. The van der Waals surface area contributed by atoms with Crippen molar-refractivity contribution in [2.75, 3.05) is 13.1 Å². The van der Waals surface area contributed by atoms with Crippen molar-refractivity contribution in [2.45, 2.75) is 45.6 Å². The second kappa shape index (κ2) is 5.91. The standard InChI is InChI=1S/C13H22N2O/c1-4-11(5-2)15-12(16)13(6-3)8-7-9-14-10-13/h1,11,14H,5-10H2,2-3H3,(H,15,16). The summed E-state index contributed by atoms with van der Waals surface area (Å²) in [5, 5.41) is 6.27. The number of amides is 1. The Morgan fingerprint density at radius 1 is 1.62 bits per heavy atom. The van der Waals surface area contributed by atoms with E-state index in [1.54, 1.807) is 0 Å². The smallest absolute Gasteiger partial charge is 0.228 e. The van der Waals surface area contributed by atoms with Crippen LogP contribution in [0.25, 0.3) is 0 Å². The highest BCUT2D eigenvalue weighted by molar-refractivity contribution is 5.83. The Kier molecular flexibility index (Phi) is 4.82. The van der Waals surface area contributed by atoms with E-state index in [1.165, 1.54) is 0 Å². The van der Waals surface area contributed by atoms with Gasteiger partial charge in [0.2, 0.25) is 5.91 Å². The van der Waals surface area contributed by atoms with Gasteiger partial charge in [-0.3, -0.25) is 4.79 Å². The van der Waals surface area contributed by atoms with Crippen molar-refractivity contribution in [2.24, 2.45) is 5.41 Å². The summed E-state index contributed by atoms with van der Waals surface area (Å²) in [4.78, 5) is 12.2. The summed E-state index contributed by atoms with van der Waals surface area (Å²) in [7, 11) is 0. The van der Waals surface area contributed by atoms with Crippen molar-refractivity contribution in [1.29, 1.82) is 0 Å². The largest absolute Gasteiger partial charge is 0.342 e. The first-order chi connectivity index (χ1) is 7.68. The van der Waals surface area contributed by atoms with E-state index in [2.05, 4.69) is 23.5 Å². The highest BCUT2D eigenvalue weighted by Crippen LogP contribution is 2.30. The maximum Gasteiger partial charge on any atom is 0.228 e. The van der Waals surface area contributed by atoms with E-state index < -0.39 is 0 Å². The van der Waals surface area contributed by atoms with Crippen LogP contribution in [0, 0.1) is 17.8 Å². The maximum absolute atomic E-state index is 12.2. The minimum Gasteiger partial charge on any atom is -0.342 e. The third-order valence-corrected chi connectivity index (χ3v) is 3.55. The molecule has 2 N–H and O–H groups in total. The maximum atomic E-state index is 12.2. The third-order valence-electron chi connectivity index (χ3n) is 3.55. The molecular formula is C13H22N2O. The van der Waals surface area contributed by atoms with Gasteiger partial charge in [-0.05, 0) is 32.2 Å². The van der Waals surface area contributed by atoms with Crippen LogP contribution < -0.4 is 10.6 Å². The summed E-state index contributed by atoms with van der Waals surface area (Å²) >= 11 is 0. The van der Waals surface area contributed by atoms with Gasteiger partial charge < -0.3 is 10.6 Å². The number of hydrogen-bond donors (Lipinski definition) is 2. The Labute approximate surface area is 98.4 Å². The summed E-state index contributed by atoms with van der Waals surface area (Å²) in [5.74, 6) is 2.73. The Bertz CT molecular complexity index is 274. The average molecular weight is 222 g/mol. The molecule has 2 unspecified atom stereocenters. The first kappa shape index (κ1) is 13.1. The van der Waals surface area contributed by atoms with E-state index >= 15 is 0 Å². The second-order valence-electron chi connectivity index (χ2n) is 4.52. The lowest BCUT2D eigenvalue weighted by Crippen LogP contribution is -2.52. The molecule has 0 spiro atoms. The number of carbonyl (C=O) groups is 1. The van der Waals surface area contributed by atoms with Crippen LogP contribution in [0.4, 0.5) is 0 Å². The van der Waals surface area contributed by atoms with Crippen LogP contribution in [-0.2, 0) is 4.79 Å². The van der Waals surface area contributed by atoms with Crippen LogP contribution in [0.15, 0.2) is 0 Å². The summed E-state index contributed by atoms with van der Waals surface area (Å²) in [6, 6.07) is -0.127. The average Bonchev–Trinajstić information content (AvgIpc) is 2.36. The quantitative estimate of drug-likeness (QED) is 0.704. The SMILES string of the molecule is C#CC(CC)NC(=O)C1(CC)CCCNC1. The van der Waals surface area contributed by atoms with Gasteiger partial charge in [0.15, 0.2) is 0 Å². The molecule has 0 bridgehead atoms. The number of piperidine rings is 1. The first-order valence-corrected chi connectivity index (χ1v) is 6.16. The number of carbonyl (C=O) groups excluding carboxylic acids is 1. The molecule has 0 aromatic rings. The molecule has 1 fully saturated rings. The van der Waals surface area contributed by atoms with Crippen LogP contribution in [0.5, 0.6) is 0 Å². The number of hydrogen-bond acceptors (Lipinski definition) is 2.